The zero-order valence-corrected chi connectivity index (χ0v) is 15.9. The van der Waals surface area contributed by atoms with Gasteiger partial charge in [-0.3, -0.25) is 0 Å². The van der Waals surface area contributed by atoms with Crippen molar-refractivity contribution in [3.05, 3.63) is 16.6 Å². The van der Waals surface area contributed by atoms with E-state index in [-0.39, 0.29) is 12.1 Å². The molecule has 0 aromatic carbocycles. The number of carbonyl (C=O) groups is 1. The van der Waals surface area contributed by atoms with E-state index >= 15 is 0 Å². The van der Waals surface area contributed by atoms with Gasteiger partial charge in [0.25, 0.3) is 0 Å². The summed E-state index contributed by atoms with van der Waals surface area (Å²) in [6.07, 6.45) is 1.52. The summed E-state index contributed by atoms with van der Waals surface area (Å²) < 4.78 is 11.1. The molecule has 1 saturated heterocycles. The van der Waals surface area contributed by atoms with Crippen LogP contribution in [0.5, 0.6) is 0 Å². The van der Waals surface area contributed by atoms with Gasteiger partial charge in [0.05, 0.1) is 30.5 Å². The number of morpholine rings is 1. The molecular weight excluding hydrogens is 326 g/mol. The largest absolute Gasteiger partial charge is 0.444 e. The molecule has 24 heavy (non-hydrogen) atoms. The quantitative estimate of drug-likeness (QED) is 0.850. The van der Waals surface area contributed by atoms with Gasteiger partial charge in [0.15, 0.2) is 0 Å². The van der Waals surface area contributed by atoms with Crippen molar-refractivity contribution in [1.82, 2.24) is 15.2 Å². The van der Waals surface area contributed by atoms with Crippen LogP contribution in [0.2, 0.25) is 0 Å². The molecule has 2 atom stereocenters. The molecule has 0 saturated carbocycles. The molecule has 0 spiro atoms. The summed E-state index contributed by atoms with van der Waals surface area (Å²) in [4.78, 5) is 18.5. The monoisotopic (exact) mass is 355 g/mol. The second-order valence-electron chi connectivity index (χ2n) is 7.22. The number of nitrogens with zero attached hydrogens (tertiary/aromatic N) is 2. The van der Waals surface area contributed by atoms with Crippen LogP contribution < -0.4 is 5.32 Å². The van der Waals surface area contributed by atoms with Gasteiger partial charge in [0.1, 0.15) is 5.60 Å². The molecule has 0 bridgehead atoms. The number of aromatic nitrogens is 1. The first-order valence-corrected chi connectivity index (χ1v) is 9.47. The molecule has 2 heterocycles. The highest BCUT2D eigenvalue weighted by molar-refractivity contribution is 7.07. The van der Waals surface area contributed by atoms with E-state index in [4.69, 9.17) is 9.47 Å². The lowest BCUT2D eigenvalue weighted by Gasteiger charge is -2.37. The number of hydrogen-bond acceptors (Lipinski definition) is 6. The van der Waals surface area contributed by atoms with Gasteiger partial charge in [-0.2, -0.15) is 0 Å². The Bertz CT molecular complexity index is 502. The van der Waals surface area contributed by atoms with E-state index in [2.05, 4.69) is 22.6 Å². The molecule has 1 aliphatic rings. The SMILES string of the molecule is CC(CC1COCCN1C(=O)OC(C)(C)C)NCCc1cscn1. The van der Waals surface area contributed by atoms with Gasteiger partial charge in [-0.15, -0.1) is 11.3 Å². The average Bonchev–Trinajstić information content (AvgIpc) is 2.99. The van der Waals surface area contributed by atoms with Crippen molar-refractivity contribution < 1.29 is 14.3 Å². The lowest BCUT2D eigenvalue weighted by Crippen LogP contribution is -2.52. The fraction of sp³-hybridized carbons (Fsp3) is 0.765. The van der Waals surface area contributed by atoms with Gasteiger partial charge in [0.2, 0.25) is 0 Å². The first-order chi connectivity index (χ1) is 11.3. The fourth-order valence-electron chi connectivity index (χ4n) is 2.71. The highest BCUT2D eigenvalue weighted by atomic mass is 32.1. The summed E-state index contributed by atoms with van der Waals surface area (Å²) >= 11 is 1.62. The van der Waals surface area contributed by atoms with Crippen molar-refractivity contribution in [2.75, 3.05) is 26.3 Å². The molecule has 0 radical (unpaired) electrons. The number of ether oxygens (including phenoxy) is 2. The summed E-state index contributed by atoms with van der Waals surface area (Å²) in [6.45, 7) is 10.4. The number of nitrogens with one attached hydrogen (secondary N) is 1. The molecule has 6 nitrogen and oxygen atoms in total. The zero-order valence-electron chi connectivity index (χ0n) is 15.1. The Morgan fingerprint density at radius 1 is 1.58 bits per heavy atom. The van der Waals surface area contributed by atoms with Crippen molar-refractivity contribution in [1.29, 1.82) is 0 Å². The molecular formula is C17H29N3O3S. The van der Waals surface area contributed by atoms with Crippen LogP contribution in [0.15, 0.2) is 10.9 Å². The molecule has 1 amide bonds. The van der Waals surface area contributed by atoms with Gasteiger partial charge < -0.3 is 19.7 Å². The third-order valence-electron chi connectivity index (χ3n) is 3.84. The zero-order chi connectivity index (χ0) is 17.6. The summed E-state index contributed by atoms with van der Waals surface area (Å²) in [5.74, 6) is 0. The topological polar surface area (TPSA) is 63.7 Å². The van der Waals surface area contributed by atoms with E-state index in [1.54, 1.807) is 11.3 Å². The first-order valence-electron chi connectivity index (χ1n) is 8.53. The normalized spacial score (nSPS) is 20.0. The standard InChI is InChI=1S/C17H29N3O3S/c1-13(18-6-5-14-11-24-12-19-14)9-15-10-22-8-7-20(15)16(21)23-17(2,3)4/h11-13,15,18H,5-10H2,1-4H3. The highest BCUT2D eigenvalue weighted by Crippen LogP contribution is 2.17. The van der Waals surface area contributed by atoms with Crippen LogP contribution in [0.25, 0.3) is 0 Å². The summed E-state index contributed by atoms with van der Waals surface area (Å²) in [5, 5.41) is 5.58. The number of amides is 1. The van der Waals surface area contributed by atoms with Crippen LogP contribution in [0.1, 0.15) is 39.8 Å². The van der Waals surface area contributed by atoms with Crippen LogP contribution in [-0.2, 0) is 15.9 Å². The third kappa shape index (κ3) is 6.37. The van der Waals surface area contributed by atoms with E-state index < -0.39 is 5.60 Å². The molecule has 1 aromatic heterocycles. The number of carbonyl (C=O) groups excluding carboxylic acids is 1. The third-order valence-corrected chi connectivity index (χ3v) is 4.47. The van der Waals surface area contributed by atoms with Crippen LogP contribution in [-0.4, -0.2) is 60.0 Å². The smallest absolute Gasteiger partial charge is 0.410 e. The average molecular weight is 356 g/mol. The lowest BCUT2D eigenvalue weighted by molar-refractivity contribution is -0.0355. The van der Waals surface area contributed by atoms with E-state index in [0.29, 0.717) is 25.8 Å². The maximum absolute atomic E-state index is 12.4. The van der Waals surface area contributed by atoms with Crippen molar-refractivity contribution in [3.63, 3.8) is 0 Å². The van der Waals surface area contributed by atoms with Gasteiger partial charge in [-0.05, 0) is 34.1 Å². The van der Waals surface area contributed by atoms with Crippen LogP contribution in [0.3, 0.4) is 0 Å². The predicted molar refractivity (Wildman–Crippen MR) is 95.4 cm³/mol. The minimum atomic E-state index is -0.475. The molecule has 1 aliphatic heterocycles. The molecule has 136 valence electrons. The van der Waals surface area contributed by atoms with Gasteiger partial charge in [0, 0.05) is 30.9 Å². The Morgan fingerprint density at radius 2 is 2.38 bits per heavy atom. The van der Waals surface area contributed by atoms with Gasteiger partial charge in [-0.1, -0.05) is 0 Å². The number of thiazole rings is 1. The summed E-state index contributed by atoms with van der Waals surface area (Å²) in [7, 11) is 0. The van der Waals surface area contributed by atoms with Gasteiger partial charge in [-0.25, -0.2) is 9.78 Å². The first kappa shape index (κ1) is 19.1. The van der Waals surface area contributed by atoms with E-state index in [1.807, 2.05) is 31.2 Å². The lowest BCUT2D eigenvalue weighted by atomic mass is 10.1. The predicted octanol–water partition coefficient (Wildman–Crippen LogP) is 2.69. The van der Waals surface area contributed by atoms with Crippen molar-refractivity contribution in [2.45, 2.75) is 58.2 Å². The minimum Gasteiger partial charge on any atom is -0.444 e. The Labute approximate surface area is 148 Å². The molecule has 1 aromatic rings. The minimum absolute atomic E-state index is 0.0513. The maximum Gasteiger partial charge on any atom is 0.410 e. The van der Waals surface area contributed by atoms with Crippen molar-refractivity contribution in [3.8, 4) is 0 Å². The highest BCUT2D eigenvalue weighted by Gasteiger charge is 2.31. The second kappa shape index (κ2) is 8.78. The molecule has 1 fully saturated rings. The Balaban J connectivity index is 1.80. The van der Waals surface area contributed by atoms with Crippen LogP contribution in [0.4, 0.5) is 4.79 Å². The van der Waals surface area contributed by atoms with Crippen molar-refractivity contribution >= 4 is 17.4 Å². The fourth-order valence-corrected chi connectivity index (χ4v) is 3.30. The molecule has 2 rings (SSSR count). The molecule has 0 aliphatic carbocycles. The maximum atomic E-state index is 12.4. The molecule has 7 heteroatoms. The number of hydrogen-bond donors (Lipinski definition) is 1. The molecule has 1 N–H and O–H groups in total. The number of rotatable bonds is 6. The second-order valence-corrected chi connectivity index (χ2v) is 7.94. The Hall–Kier alpha value is -1.18. The van der Waals surface area contributed by atoms with Gasteiger partial charge >= 0.3 is 6.09 Å². The van der Waals surface area contributed by atoms with Crippen LogP contribution in [0, 0.1) is 0 Å². The van der Waals surface area contributed by atoms with E-state index in [0.717, 1.165) is 25.1 Å². The van der Waals surface area contributed by atoms with Crippen molar-refractivity contribution in [2.24, 2.45) is 0 Å². The summed E-state index contributed by atoms with van der Waals surface area (Å²) in [5.41, 5.74) is 2.50. The Kier molecular flexibility index (Phi) is 7.01. The molecule has 2 unspecified atom stereocenters. The van der Waals surface area contributed by atoms with Crippen LogP contribution >= 0.6 is 11.3 Å². The summed E-state index contributed by atoms with van der Waals surface area (Å²) in [6, 6.07) is 0.343. The van der Waals surface area contributed by atoms with E-state index in [9.17, 15) is 4.79 Å². The van der Waals surface area contributed by atoms with E-state index in [1.165, 1.54) is 0 Å². The Morgan fingerprint density at radius 3 is 3.04 bits per heavy atom.